The van der Waals surface area contributed by atoms with E-state index in [1.54, 1.807) is 0 Å². The van der Waals surface area contributed by atoms with Crippen LogP contribution in [0.15, 0.2) is 12.7 Å². The highest BCUT2D eigenvalue weighted by atomic mass is 15.2. The van der Waals surface area contributed by atoms with Crippen molar-refractivity contribution < 1.29 is 0 Å². The molecule has 72 valence electrons. The molecule has 0 saturated carbocycles. The highest BCUT2D eigenvalue weighted by molar-refractivity contribution is 4.74. The fourth-order valence-electron chi connectivity index (χ4n) is 1.05. The van der Waals surface area contributed by atoms with Crippen LogP contribution in [0.2, 0.25) is 0 Å². The number of hydrogen-bond acceptors (Lipinski definition) is 2. The highest BCUT2D eigenvalue weighted by Crippen LogP contribution is 1.99. The van der Waals surface area contributed by atoms with Crippen molar-refractivity contribution in [2.45, 2.75) is 32.9 Å². The number of rotatable bonds is 6. The Balaban J connectivity index is 3.56. The van der Waals surface area contributed by atoms with E-state index >= 15 is 0 Å². The molecule has 0 aromatic heterocycles. The predicted molar refractivity (Wildman–Crippen MR) is 55.4 cm³/mol. The van der Waals surface area contributed by atoms with Crippen molar-refractivity contribution >= 4 is 0 Å². The van der Waals surface area contributed by atoms with Crippen molar-refractivity contribution in [3.8, 4) is 0 Å². The first-order valence-electron chi connectivity index (χ1n) is 4.63. The number of nitrogens with zero attached hydrogens (tertiary/aromatic N) is 1. The van der Waals surface area contributed by atoms with Crippen LogP contribution in [0.5, 0.6) is 0 Å². The maximum Gasteiger partial charge on any atom is 0.0192 e. The average molecular weight is 170 g/mol. The van der Waals surface area contributed by atoms with Crippen LogP contribution < -0.4 is 5.32 Å². The summed E-state index contributed by atoms with van der Waals surface area (Å²) in [6, 6.07) is 1.20. The number of likely N-dealkylation sites (N-methyl/N-ethyl adjacent to an activating group) is 1. The molecule has 2 nitrogen and oxygen atoms in total. The minimum Gasteiger partial charge on any atom is -0.312 e. The second kappa shape index (κ2) is 6.21. The van der Waals surface area contributed by atoms with Gasteiger partial charge in [0.05, 0.1) is 0 Å². The zero-order valence-corrected chi connectivity index (χ0v) is 8.80. The third kappa shape index (κ3) is 4.52. The van der Waals surface area contributed by atoms with E-state index in [-0.39, 0.29) is 0 Å². The fourth-order valence-corrected chi connectivity index (χ4v) is 1.05. The molecule has 0 bridgehead atoms. The first-order chi connectivity index (χ1) is 5.59. The second-order valence-electron chi connectivity index (χ2n) is 3.56. The van der Waals surface area contributed by atoms with Gasteiger partial charge in [-0.1, -0.05) is 6.08 Å². The molecule has 12 heavy (non-hydrogen) atoms. The Morgan fingerprint density at radius 3 is 2.42 bits per heavy atom. The third-order valence-electron chi connectivity index (χ3n) is 2.24. The van der Waals surface area contributed by atoms with Crippen molar-refractivity contribution in [2.75, 3.05) is 20.1 Å². The summed E-state index contributed by atoms with van der Waals surface area (Å²) < 4.78 is 0. The lowest BCUT2D eigenvalue weighted by Crippen LogP contribution is -2.41. The summed E-state index contributed by atoms with van der Waals surface area (Å²) in [4.78, 5) is 2.36. The Labute approximate surface area is 76.6 Å². The molecule has 0 aliphatic heterocycles. The zero-order chi connectivity index (χ0) is 9.56. The maximum absolute atomic E-state index is 3.66. The number of nitrogens with one attached hydrogen (secondary N) is 1. The molecule has 0 rings (SSSR count). The third-order valence-corrected chi connectivity index (χ3v) is 2.24. The normalized spacial score (nSPS) is 13.8. The highest BCUT2D eigenvalue weighted by Gasteiger charge is 2.10. The van der Waals surface area contributed by atoms with Crippen LogP contribution in [0.3, 0.4) is 0 Å². The monoisotopic (exact) mass is 170 g/mol. The van der Waals surface area contributed by atoms with Gasteiger partial charge in [-0.3, -0.25) is 0 Å². The van der Waals surface area contributed by atoms with Gasteiger partial charge in [-0.15, -0.1) is 6.58 Å². The Morgan fingerprint density at radius 2 is 2.00 bits per heavy atom. The van der Waals surface area contributed by atoms with E-state index in [4.69, 9.17) is 0 Å². The van der Waals surface area contributed by atoms with Crippen LogP contribution >= 0.6 is 0 Å². The van der Waals surface area contributed by atoms with Gasteiger partial charge < -0.3 is 10.2 Å². The van der Waals surface area contributed by atoms with Gasteiger partial charge in [-0.2, -0.15) is 0 Å². The molecule has 0 aromatic carbocycles. The van der Waals surface area contributed by atoms with Crippen LogP contribution in [0.25, 0.3) is 0 Å². The molecule has 0 heterocycles. The SMILES string of the molecule is C=CCNCC(C)N(C)C(C)C. The molecular weight excluding hydrogens is 148 g/mol. The van der Waals surface area contributed by atoms with Gasteiger partial charge in [-0.05, 0) is 27.8 Å². The lowest BCUT2D eigenvalue weighted by Gasteiger charge is -2.28. The predicted octanol–water partition coefficient (Wildman–Crippen LogP) is 1.49. The molecule has 0 spiro atoms. The second-order valence-corrected chi connectivity index (χ2v) is 3.56. The molecule has 0 fully saturated rings. The van der Waals surface area contributed by atoms with E-state index in [1.165, 1.54) is 0 Å². The van der Waals surface area contributed by atoms with Gasteiger partial charge in [0, 0.05) is 25.2 Å². The summed E-state index contributed by atoms with van der Waals surface area (Å²) in [6.45, 7) is 12.2. The van der Waals surface area contributed by atoms with Crippen LogP contribution in [0.4, 0.5) is 0 Å². The van der Waals surface area contributed by atoms with E-state index in [1.807, 2.05) is 6.08 Å². The molecule has 0 radical (unpaired) electrons. The molecule has 0 aromatic rings. The van der Waals surface area contributed by atoms with Gasteiger partial charge in [0.25, 0.3) is 0 Å². The van der Waals surface area contributed by atoms with Crippen LogP contribution in [-0.2, 0) is 0 Å². The van der Waals surface area contributed by atoms with E-state index in [9.17, 15) is 0 Å². The molecule has 0 aliphatic carbocycles. The smallest absolute Gasteiger partial charge is 0.0192 e. The van der Waals surface area contributed by atoms with Gasteiger partial charge >= 0.3 is 0 Å². The molecule has 0 aliphatic rings. The van der Waals surface area contributed by atoms with Gasteiger partial charge in [0.15, 0.2) is 0 Å². The van der Waals surface area contributed by atoms with E-state index in [0.717, 1.165) is 13.1 Å². The molecule has 1 unspecified atom stereocenters. The molecule has 0 saturated heterocycles. The van der Waals surface area contributed by atoms with Crippen LogP contribution in [-0.4, -0.2) is 37.1 Å². The first kappa shape index (κ1) is 11.7. The summed E-state index contributed by atoms with van der Waals surface area (Å²) in [5.74, 6) is 0. The molecular formula is C10H22N2. The lowest BCUT2D eigenvalue weighted by molar-refractivity contribution is 0.205. The molecule has 1 N–H and O–H groups in total. The Hall–Kier alpha value is -0.340. The van der Waals surface area contributed by atoms with E-state index in [0.29, 0.717) is 12.1 Å². The molecule has 1 atom stereocenters. The van der Waals surface area contributed by atoms with Crippen molar-refractivity contribution in [1.82, 2.24) is 10.2 Å². The average Bonchev–Trinajstić information content (AvgIpc) is 2.03. The van der Waals surface area contributed by atoms with E-state index < -0.39 is 0 Å². The van der Waals surface area contributed by atoms with Gasteiger partial charge in [-0.25, -0.2) is 0 Å². The van der Waals surface area contributed by atoms with Crippen molar-refractivity contribution in [3.63, 3.8) is 0 Å². The van der Waals surface area contributed by atoms with Crippen molar-refractivity contribution in [3.05, 3.63) is 12.7 Å². The largest absolute Gasteiger partial charge is 0.312 e. The maximum atomic E-state index is 3.66. The van der Waals surface area contributed by atoms with Crippen molar-refractivity contribution in [1.29, 1.82) is 0 Å². The summed E-state index contributed by atoms with van der Waals surface area (Å²) in [7, 11) is 2.16. The first-order valence-corrected chi connectivity index (χ1v) is 4.63. The Bertz CT molecular complexity index is 121. The van der Waals surface area contributed by atoms with Crippen LogP contribution in [0.1, 0.15) is 20.8 Å². The summed E-state index contributed by atoms with van der Waals surface area (Å²) >= 11 is 0. The topological polar surface area (TPSA) is 15.3 Å². The minimum absolute atomic E-state index is 0.588. The summed E-state index contributed by atoms with van der Waals surface area (Å²) in [5.41, 5.74) is 0. The lowest BCUT2D eigenvalue weighted by atomic mass is 10.2. The quantitative estimate of drug-likeness (QED) is 0.480. The van der Waals surface area contributed by atoms with Gasteiger partial charge in [0.1, 0.15) is 0 Å². The van der Waals surface area contributed by atoms with Gasteiger partial charge in [0.2, 0.25) is 0 Å². The fraction of sp³-hybridized carbons (Fsp3) is 0.800. The van der Waals surface area contributed by atoms with Crippen molar-refractivity contribution in [2.24, 2.45) is 0 Å². The molecule has 2 heteroatoms. The Morgan fingerprint density at radius 1 is 1.42 bits per heavy atom. The standard InChI is InChI=1S/C10H22N2/c1-6-7-11-8-10(4)12(5)9(2)3/h6,9-11H,1,7-8H2,2-5H3. The molecule has 0 amide bonds. The zero-order valence-electron chi connectivity index (χ0n) is 8.80. The Kier molecular flexibility index (Phi) is 6.03. The summed E-state index contributed by atoms with van der Waals surface area (Å²) in [6.07, 6.45) is 1.89. The minimum atomic E-state index is 0.588. The number of hydrogen-bond donors (Lipinski definition) is 1. The summed E-state index contributed by atoms with van der Waals surface area (Å²) in [5, 5.41) is 3.31. The van der Waals surface area contributed by atoms with E-state index in [2.05, 4.69) is 44.6 Å². The van der Waals surface area contributed by atoms with Crippen LogP contribution in [0, 0.1) is 0 Å².